The van der Waals surface area contributed by atoms with E-state index >= 15 is 0 Å². The number of morpholine rings is 1. The number of ketones is 1. The first-order valence-corrected chi connectivity index (χ1v) is 10.4. The van der Waals surface area contributed by atoms with E-state index in [2.05, 4.69) is 24.9 Å². The summed E-state index contributed by atoms with van der Waals surface area (Å²) in [6.07, 6.45) is 1.06. The third-order valence-corrected chi connectivity index (χ3v) is 6.16. The van der Waals surface area contributed by atoms with Crippen LogP contribution in [0.3, 0.4) is 0 Å². The summed E-state index contributed by atoms with van der Waals surface area (Å²) >= 11 is 0. The lowest BCUT2D eigenvalue weighted by Crippen LogP contribution is -2.53. The maximum Gasteiger partial charge on any atom is 0.162 e. The molecule has 3 N–H and O–H groups in total. The molecule has 1 aromatic rings. The number of rotatable bonds is 3. The Morgan fingerprint density at radius 2 is 2.00 bits per heavy atom. The van der Waals surface area contributed by atoms with Crippen LogP contribution in [0, 0.1) is 16.7 Å². The van der Waals surface area contributed by atoms with E-state index in [1.165, 1.54) is 13.2 Å². The number of phenolic OH excluding ortho intramolecular Hbond substituents is 1. The molecule has 1 aromatic carbocycles. The van der Waals surface area contributed by atoms with Gasteiger partial charge < -0.3 is 20.3 Å². The number of ether oxygens (including phenoxy) is 2. The fourth-order valence-corrected chi connectivity index (χ4v) is 4.78. The molecule has 0 spiro atoms. The normalized spacial score (nSPS) is 24.1. The highest BCUT2D eigenvalue weighted by Crippen LogP contribution is 2.50. The lowest BCUT2D eigenvalue weighted by atomic mass is 9.69. The van der Waals surface area contributed by atoms with Crippen molar-refractivity contribution < 1.29 is 19.4 Å². The number of aromatic hydroxyl groups is 1. The fourth-order valence-electron chi connectivity index (χ4n) is 4.78. The molecule has 8 heteroatoms. The van der Waals surface area contributed by atoms with Crippen molar-refractivity contribution in [2.75, 3.05) is 33.4 Å². The zero-order valence-corrected chi connectivity index (χ0v) is 18.1. The van der Waals surface area contributed by atoms with Gasteiger partial charge in [0.25, 0.3) is 0 Å². The van der Waals surface area contributed by atoms with Crippen molar-refractivity contribution in [3.05, 3.63) is 46.4 Å². The van der Waals surface area contributed by atoms with Crippen LogP contribution in [-0.2, 0) is 9.53 Å². The molecule has 31 heavy (non-hydrogen) atoms. The summed E-state index contributed by atoms with van der Waals surface area (Å²) in [7, 11) is 1.47. The Bertz CT molecular complexity index is 1010. The Hall–Kier alpha value is -3.02. The van der Waals surface area contributed by atoms with Crippen LogP contribution in [-0.4, -0.2) is 54.3 Å². The molecule has 0 bridgehead atoms. The molecule has 8 nitrogen and oxygen atoms in total. The number of benzene rings is 1. The van der Waals surface area contributed by atoms with Crippen molar-refractivity contribution in [3.8, 4) is 17.6 Å². The summed E-state index contributed by atoms with van der Waals surface area (Å²) in [5.74, 6) is 0.0374. The summed E-state index contributed by atoms with van der Waals surface area (Å²) in [4.78, 5) is 13.5. The number of carbonyl (C=O) groups excluding carboxylic acids is 1. The van der Waals surface area contributed by atoms with Gasteiger partial charge >= 0.3 is 0 Å². The molecule has 1 fully saturated rings. The number of nitrogens with two attached hydrogens (primary N) is 1. The van der Waals surface area contributed by atoms with Gasteiger partial charge in [-0.3, -0.25) is 9.80 Å². The van der Waals surface area contributed by atoms with Crippen LogP contribution in [0.25, 0.3) is 0 Å². The molecule has 0 radical (unpaired) electrons. The van der Waals surface area contributed by atoms with Crippen LogP contribution >= 0.6 is 0 Å². The second-order valence-corrected chi connectivity index (χ2v) is 8.95. The molecule has 3 aliphatic rings. The molecule has 2 heterocycles. The first kappa shape index (κ1) is 21.2. The van der Waals surface area contributed by atoms with E-state index < -0.39 is 5.92 Å². The van der Waals surface area contributed by atoms with Crippen molar-refractivity contribution in [2.24, 2.45) is 11.1 Å². The Morgan fingerprint density at radius 1 is 1.29 bits per heavy atom. The van der Waals surface area contributed by atoms with Gasteiger partial charge in [-0.15, -0.1) is 0 Å². The topological polar surface area (TPSA) is 112 Å². The van der Waals surface area contributed by atoms with Gasteiger partial charge in [-0.05, 0) is 29.5 Å². The highest BCUT2D eigenvalue weighted by atomic mass is 16.5. The molecular weight excluding hydrogens is 396 g/mol. The summed E-state index contributed by atoms with van der Waals surface area (Å²) in [5, 5.41) is 24.1. The van der Waals surface area contributed by atoms with E-state index in [1.807, 2.05) is 5.01 Å². The van der Waals surface area contributed by atoms with Crippen LogP contribution in [0.2, 0.25) is 0 Å². The number of hydrogen-bond acceptors (Lipinski definition) is 8. The molecular formula is C23H28N4O4. The van der Waals surface area contributed by atoms with Crippen LogP contribution < -0.4 is 10.5 Å². The molecule has 1 saturated heterocycles. The predicted molar refractivity (Wildman–Crippen MR) is 114 cm³/mol. The summed E-state index contributed by atoms with van der Waals surface area (Å²) in [6.45, 7) is 6.52. The molecule has 2 aliphatic heterocycles. The van der Waals surface area contributed by atoms with E-state index in [4.69, 9.17) is 15.2 Å². The van der Waals surface area contributed by atoms with Crippen LogP contribution in [0.5, 0.6) is 11.5 Å². The zero-order chi connectivity index (χ0) is 22.3. The summed E-state index contributed by atoms with van der Waals surface area (Å²) in [5.41, 5.74) is 8.85. The molecule has 0 saturated carbocycles. The highest BCUT2D eigenvalue weighted by Gasteiger charge is 2.46. The number of hydrazine groups is 1. The maximum atomic E-state index is 13.5. The first-order valence-electron chi connectivity index (χ1n) is 10.4. The lowest BCUT2D eigenvalue weighted by Gasteiger charge is -2.48. The number of hydrogen-bond donors (Lipinski definition) is 2. The second-order valence-electron chi connectivity index (χ2n) is 8.95. The van der Waals surface area contributed by atoms with Crippen molar-refractivity contribution >= 4 is 5.78 Å². The van der Waals surface area contributed by atoms with Gasteiger partial charge in [0.15, 0.2) is 17.3 Å². The quantitative estimate of drug-likeness (QED) is 0.761. The largest absolute Gasteiger partial charge is 0.504 e. The smallest absolute Gasteiger partial charge is 0.162 e. The Balaban J connectivity index is 1.93. The maximum absolute atomic E-state index is 13.5. The number of carbonyl (C=O) groups is 1. The Labute approximate surface area is 182 Å². The van der Waals surface area contributed by atoms with Crippen molar-refractivity contribution in [1.29, 1.82) is 5.26 Å². The molecule has 0 aromatic heterocycles. The molecule has 0 amide bonds. The average molecular weight is 425 g/mol. The third-order valence-electron chi connectivity index (χ3n) is 6.16. The minimum atomic E-state index is -0.601. The highest BCUT2D eigenvalue weighted by molar-refractivity contribution is 6.00. The van der Waals surface area contributed by atoms with Gasteiger partial charge in [0.1, 0.15) is 5.82 Å². The standard InChI is InChI=1S/C23H28N4O4/c1-23(2)11-16-21(18(29)12-23)20(14-4-5-17(28)19(10-14)30-3)15(13-24)22(25)27(16)26-6-8-31-9-7-26/h4-5,10,20,28H,6-9,11-12,25H2,1-3H3/t20-/m1/s1. The monoisotopic (exact) mass is 424 g/mol. The number of allylic oxidation sites excluding steroid dienone is 3. The van der Waals surface area contributed by atoms with Gasteiger partial charge in [-0.2, -0.15) is 5.26 Å². The van der Waals surface area contributed by atoms with Crippen LogP contribution in [0.4, 0.5) is 0 Å². The summed E-state index contributed by atoms with van der Waals surface area (Å²) < 4.78 is 10.8. The van der Waals surface area contributed by atoms with E-state index in [1.54, 1.807) is 12.1 Å². The summed E-state index contributed by atoms with van der Waals surface area (Å²) in [6, 6.07) is 7.17. The third kappa shape index (κ3) is 3.64. The van der Waals surface area contributed by atoms with Crippen molar-refractivity contribution in [3.63, 3.8) is 0 Å². The SMILES string of the molecule is COc1cc([C@@H]2C(C#N)=C(N)N(N3CCOCC3)C3=C2C(=O)CC(C)(C)C3)ccc1O. The Morgan fingerprint density at radius 3 is 2.65 bits per heavy atom. The average Bonchev–Trinajstić information content (AvgIpc) is 2.73. The number of nitrogens with zero attached hydrogens (tertiary/aromatic N) is 3. The molecule has 4 rings (SSSR count). The van der Waals surface area contributed by atoms with Gasteiger partial charge in [-0.25, -0.2) is 5.01 Å². The van der Waals surface area contributed by atoms with E-state index in [-0.39, 0.29) is 22.7 Å². The van der Waals surface area contributed by atoms with Crippen LogP contribution in [0.15, 0.2) is 40.9 Å². The van der Waals surface area contributed by atoms with Gasteiger partial charge in [0.2, 0.25) is 0 Å². The molecule has 1 atom stereocenters. The van der Waals surface area contributed by atoms with Gasteiger partial charge in [-0.1, -0.05) is 19.9 Å². The molecule has 1 aliphatic carbocycles. The van der Waals surface area contributed by atoms with Crippen LogP contribution in [0.1, 0.15) is 38.2 Å². The van der Waals surface area contributed by atoms with Crippen molar-refractivity contribution in [1.82, 2.24) is 10.0 Å². The first-order chi connectivity index (χ1) is 14.8. The van der Waals surface area contributed by atoms with E-state index in [9.17, 15) is 15.2 Å². The minimum Gasteiger partial charge on any atom is -0.504 e. The minimum absolute atomic E-state index is 0.00207. The lowest BCUT2D eigenvalue weighted by molar-refractivity contribution is -0.119. The van der Waals surface area contributed by atoms with E-state index in [0.29, 0.717) is 61.7 Å². The Kier molecular flexibility index (Phi) is 5.42. The number of nitriles is 1. The van der Waals surface area contributed by atoms with Gasteiger partial charge in [0, 0.05) is 30.8 Å². The number of phenols is 1. The van der Waals surface area contributed by atoms with E-state index in [0.717, 1.165) is 5.70 Å². The molecule has 164 valence electrons. The number of methoxy groups -OCH3 is 1. The van der Waals surface area contributed by atoms with Crippen molar-refractivity contribution in [2.45, 2.75) is 32.6 Å². The second kappa shape index (κ2) is 7.91. The predicted octanol–water partition coefficient (Wildman–Crippen LogP) is 2.38. The fraction of sp³-hybridized carbons (Fsp3) is 0.478. The number of Topliss-reactive ketones (excluding diaryl/α,β-unsaturated/α-hetero) is 1. The molecule has 0 unspecified atom stereocenters. The van der Waals surface area contributed by atoms with Gasteiger partial charge in [0.05, 0.1) is 37.9 Å². The zero-order valence-electron chi connectivity index (χ0n) is 18.1.